The van der Waals surface area contributed by atoms with Crippen LogP contribution in [0, 0.1) is 13.8 Å². The van der Waals surface area contributed by atoms with Crippen molar-refractivity contribution in [3.63, 3.8) is 0 Å². The van der Waals surface area contributed by atoms with Crippen molar-refractivity contribution in [1.82, 2.24) is 4.98 Å². The lowest BCUT2D eigenvalue weighted by Crippen LogP contribution is -2.12. The maximum Gasteiger partial charge on any atom is 0.258 e. The average Bonchev–Trinajstić information content (AvgIpc) is 2.91. The summed E-state index contributed by atoms with van der Waals surface area (Å²) in [5.74, 6) is 0.723. The van der Waals surface area contributed by atoms with E-state index in [2.05, 4.69) is 22.4 Å². The van der Waals surface area contributed by atoms with Crippen LogP contribution >= 0.6 is 23.1 Å². The number of benzene rings is 2. The van der Waals surface area contributed by atoms with Gasteiger partial charge in [-0.1, -0.05) is 42.5 Å². The molecule has 3 nitrogen and oxygen atoms in total. The van der Waals surface area contributed by atoms with Crippen molar-refractivity contribution >= 4 is 34.1 Å². The summed E-state index contributed by atoms with van der Waals surface area (Å²) < 4.78 is 0. The molecule has 3 rings (SSSR count). The highest BCUT2D eigenvalue weighted by Crippen LogP contribution is 2.28. The summed E-state index contributed by atoms with van der Waals surface area (Å²) >= 11 is 3.17. The van der Waals surface area contributed by atoms with Crippen LogP contribution in [0.1, 0.15) is 26.5 Å². The molecule has 122 valence electrons. The third kappa shape index (κ3) is 4.04. The maximum atomic E-state index is 12.6. The van der Waals surface area contributed by atoms with Crippen LogP contribution < -0.4 is 5.32 Å². The second kappa shape index (κ2) is 7.64. The number of rotatable bonds is 5. The first kappa shape index (κ1) is 16.7. The van der Waals surface area contributed by atoms with E-state index >= 15 is 0 Å². The molecule has 0 unspecified atom stereocenters. The fourth-order valence-electron chi connectivity index (χ4n) is 2.21. The van der Waals surface area contributed by atoms with Crippen LogP contribution in [-0.4, -0.2) is 10.9 Å². The minimum atomic E-state index is -0.111. The standard InChI is InChI=1S/C19H18N2OS2/c1-13-14(2)24-19(20-13)21-18(22)16-10-6-7-11-17(16)23-12-15-8-4-3-5-9-15/h3-11H,12H2,1-2H3,(H,20,21,22). The summed E-state index contributed by atoms with van der Waals surface area (Å²) in [4.78, 5) is 19.1. The van der Waals surface area contributed by atoms with Crippen molar-refractivity contribution < 1.29 is 4.79 Å². The first-order chi connectivity index (χ1) is 11.6. The summed E-state index contributed by atoms with van der Waals surface area (Å²) in [7, 11) is 0. The molecular weight excluding hydrogens is 336 g/mol. The third-order valence-electron chi connectivity index (χ3n) is 3.62. The summed E-state index contributed by atoms with van der Waals surface area (Å²) in [5.41, 5.74) is 2.88. The minimum absolute atomic E-state index is 0.111. The number of hydrogen-bond acceptors (Lipinski definition) is 4. The van der Waals surface area contributed by atoms with Gasteiger partial charge in [0.05, 0.1) is 11.3 Å². The molecule has 1 heterocycles. The topological polar surface area (TPSA) is 42.0 Å². The Morgan fingerprint density at radius 2 is 1.79 bits per heavy atom. The van der Waals surface area contributed by atoms with E-state index in [1.165, 1.54) is 16.9 Å². The molecule has 0 aliphatic rings. The van der Waals surface area contributed by atoms with Crippen LogP contribution in [0.2, 0.25) is 0 Å². The fourth-order valence-corrected chi connectivity index (χ4v) is 4.02. The van der Waals surface area contributed by atoms with Gasteiger partial charge >= 0.3 is 0 Å². The maximum absolute atomic E-state index is 12.6. The normalized spacial score (nSPS) is 10.6. The fraction of sp³-hybridized carbons (Fsp3) is 0.158. The Bertz CT molecular complexity index is 824. The largest absolute Gasteiger partial charge is 0.298 e. The Kier molecular flexibility index (Phi) is 5.33. The molecule has 0 spiro atoms. The van der Waals surface area contributed by atoms with E-state index in [-0.39, 0.29) is 5.91 Å². The van der Waals surface area contributed by atoms with E-state index in [0.717, 1.165) is 21.2 Å². The third-order valence-corrected chi connectivity index (χ3v) is 5.75. The van der Waals surface area contributed by atoms with Gasteiger partial charge in [-0.2, -0.15) is 0 Å². The van der Waals surface area contributed by atoms with Crippen LogP contribution in [0.25, 0.3) is 0 Å². The summed E-state index contributed by atoms with van der Waals surface area (Å²) in [6.45, 7) is 3.96. The lowest BCUT2D eigenvalue weighted by Gasteiger charge is -2.08. The van der Waals surface area contributed by atoms with Crippen molar-refractivity contribution in [1.29, 1.82) is 0 Å². The molecule has 0 saturated carbocycles. The quantitative estimate of drug-likeness (QED) is 0.632. The minimum Gasteiger partial charge on any atom is -0.298 e. The number of carbonyl (C=O) groups excluding carboxylic acids is 1. The number of carbonyl (C=O) groups is 1. The van der Waals surface area contributed by atoms with E-state index in [0.29, 0.717) is 10.7 Å². The van der Waals surface area contributed by atoms with Gasteiger partial charge in [-0.25, -0.2) is 4.98 Å². The van der Waals surface area contributed by atoms with Gasteiger partial charge in [0.25, 0.3) is 5.91 Å². The molecule has 1 amide bonds. The van der Waals surface area contributed by atoms with Gasteiger partial charge in [0, 0.05) is 15.5 Å². The Morgan fingerprint density at radius 1 is 1.08 bits per heavy atom. The van der Waals surface area contributed by atoms with E-state index in [1.807, 2.05) is 56.3 Å². The smallest absolute Gasteiger partial charge is 0.258 e. The second-order valence-corrected chi connectivity index (χ2v) is 7.61. The number of nitrogens with zero attached hydrogens (tertiary/aromatic N) is 1. The van der Waals surface area contributed by atoms with Crippen LogP contribution in [0.3, 0.4) is 0 Å². The van der Waals surface area contributed by atoms with Gasteiger partial charge in [0.15, 0.2) is 5.13 Å². The van der Waals surface area contributed by atoms with Crippen molar-refractivity contribution in [2.45, 2.75) is 24.5 Å². The predicted molar refractivity (Wildman–Crippen MR) is 102 cm³/mol. The highest BCUT2D eigenvalue weighted by Gasteiger charge is 2.14. The van der Waals surface area contributed by atoms with Gasteiger partial charge in [-0.15, -0.1) is 23.1 Å². The number of amides is 1. The first-order valence-electron chi connectivity index (χ1n) is 7.64. The molecule has 0 aliphatic heterocycles. The molecule has 0 fully saturated rings. The molecule has 0 atom stereocenters. The molecule has 2 aromatic carbocycles. The SMILES string of the molecule is Cc1nc(NC(=O)c2ccccc2SCc2ccccc2)sc1C. The zero-order chi connectivity index (χ0) is 16.9. The Balaban J connectivity index is 1.74. The van der Waals surface area contributed by atoms with Crippen molar-refractivity contribution in [2.24, 2.45) is 0 Å². The van der Waals surface area contributed by atoms with E-state index < -0.39 is 0 Å². The monoisotopic (exact) mass is 354 g/mol. The van der Waals surface area contributed by atoms with Crippen LogP contribution in [-0.2, 0) is 5.75 Å². The second-order valence-electron chi connectivity index (χ2n) is 5.39. The summed E-state index contributed by atoms with van der Waals surface area (Å²) in [5, 5.41) is 3.56. The Labute approximate surface area is 150 Å². The van der Waals surface area contributed by atoms with Crippen molar-refractivity contribution in [3.8, 4) is 0 Å². The van der Waals surface area contributed by atoms with E-state index in [9.17, 15) is 4.79 Å². The highest BCUT2D eigenvalue weighted by atomic mass is 32.2. The number of nitrogens with one attached hydrogen (secondary N) is 1. The lowest BCUT2D eigenvalue weighted by atomic mass is 10.2. The number of thioether (sulfide) groups is 1. The molecular formula is C19H18N2OS2. The Hall–Kier alpha value is -2.11. The summed E-state index contributed by atoms with van der Waals surface area (Å²) in [6.07, 6.45) is 0. The molecule has 24 heavy (non-hydrogen) atoms. The molecule has 0 saturated heterocycles. The number of thiazole rings is 1. The molecule has 0 bridgehead atoms. The number of aryl methyl sites for hydroxylation is 2. The molecule has 3 aromatic rings. The van der Waals surface area contributed by atoms with Crippen LogP contribution in [0.4, 0.5) is 5.13 Å². The summed E-state index contributed by atoms with van der Waals surface area (Å²) in [6, 6.07) is 17.9. The van der Waals surface area contributed by atoms with Crippen molar-refractivity contribution in [2.75, 3.05) is 5.32 Å². The lowest BCUT2D eigenvalue weighted by molar-refractivity contribution is 0.102. The Morgan fingerprint density at radius 3 is 2.50 bits per heavy atom. The average molecular weight is 355 g/mol. The van der Waals surface area contributed by atoms with E-state index in [4.69, 9.17) is 0 Å². The zero-order valence-corrected chi connectivity index (χ0v) is 15.2. The zero-order valence-electron chi connectivity index (χ0n) is 13.6. The van der Waals surface area contributed by atoms with Gasteiger partial charge in [0.1, 0.15) is 0 Å². The number of hydrogen-bond donors (Lipinski definition) is 1. The van der Waals surface area contributed by atoms with E-state index in [1.54, 1.807) is 11.8 Å². The molecule has 1 aromatic heterocycles. The molecule has 1 N–H and O–H groups in total. The van der Waals surface area contributed by atoms with Crippen molar-refractivity contribution in [3.05, 3.63) is 76.3 Å². The number of aromatic nitrogens is 1. The first-order valence-corrected chi connectivity index (χ1v) is 9.45. The highest BCUT2D eigenvalue weighted by molar-refractivity contribution is 7.98. The van der Waals surface area contributed by atoms with Gasteiger partial charge in [0.2, 0.25) is 0 Å². The number of anilines is 1. The van der Waals surface area contributed by atoms with Gasteiger partial charge in [-0.3, -0.25) is 10.1 Å². The molecule has 0 radical (unpaired) electrons. The van der Waals surface area contributed by atoms with Gasteiger partial charge in [-0.05, 0) is 31.5 Å². The van der Waals surface area contributed by atoms with Crippen LogP contribution in [0.5, 0.6) is 0 Å². The van der Waals surface area contributed by atoms with Crippen LogP contribution in [0.15, 0.2) is 59.5 Å². The molecule has 0 aliphatic carbocycles. The molecule has 5 heteroatoms. The predicted octanol–water partition coefficient (Wildman–Crippen LogP) is 5.30. The van der Waals surface area contributed by atoms with Gasteiger partial charge < -0.3 is 0 Å².